The Labute approximate surface area is 205 Å². The number of hydrogen-bond acceptors (Lipinski definition) is 5. The molecule has 0 atom stereocenters. The van der Waals surface area contributed by atoms with Crippen molar-refractivity contribution in [2.75, 3.05) is 24.1 Å². The molecule has 1 amide bonds. The summed E-state index contributed by atoms with van der Waals surface area (Å²) in [5, 5.41) is 2.76. The fraction of sp³-hybridized carbons (Fsp3) is 0.269. The van der Waals surface area contributed by atoms with E-state index in [0.717, 1.165) is 27.6 Å². The minimum atomic E-state index is -4.12. The third-order valence-corrected chi connectivity index (χ3v) is 6.90. The first-order valence-electron chi connectivity index (χ1n) is 11.2. The van der Waals surface area contributed by atoms with Crippen molar-refractivity contribution in [1.82, 2.24) is 5.32 Å². The molecule has 0 spiro atoms. The van der Waals surface area contributed by atoms with Gasteiger partial charge in [-0.2, -0.15) is 0 Å². The molecule has 0 aromatic heterocycles. The number of aryl methyl sites for hydroxylation is 1. The average molecular weight is 501 g/mol. The molecule has 3 aromatic carbocycles. The Hall–Kier alpha value is -3.59. The molecule has 1 N–H and O–H groups in total. The number of ether oxygens (including phenoxy) is 2. The van der Waals surface area contributed by atoms with E-state index in [1.165, 1.54) is 12.1 Å². The molecule has 7 nitrogen and oxygen atoms in total. The van der Waals surface area contributed by atoms with Crippen molar-refractivity contribution in [3.63, 3.8) is 0 Å². The highest BCUT2D eigenvalue weighted by Crippen LogP contribution is 2.29. The van der Waals surface area contributed by atoms with Crippen LogP contribution in [0.25, 0.3) is 0 Å². The number of carbonyl (C=O) groups excluding carboxylic acids is 1. The second kappa shape index (κ2) is 11.7. The van der Waals surface area contributed by atoms with E-state index in [2.05, 4.69) is 5.32 Å². The van der Waals surface area contributed by atoms with Gasteiger partial charge in [-0.05, 0) is 74.9 Å². The van der Waals surface area contributed by atoms with Crippen molar-refractivity contribution < 1.29 is 27.1 Å². The van der Waals surface area contributed by atoms with Gasteiger partial charge in [-0.1, -0.05) is 23.8 Å². The second-order valence-electron chi connectivity index (χ2n) is 7.72. The molecule has 0 aliphatic heterocycles. The number of rotatable bonds is 11. The van der Waals surface area contributed by atoms with Crippen molar-refractivity contribution in [2.24, 2.45) is 0 Å². The molecule has 3 rings (SSSR count). The van der Waals surface area contributed by atoms with Gasteiger partial charge < -0.3 is 14.8 Å². The fourth-order valence-corrected chi connectivity index (χ4v) is 4.77. The van der Waals surface area contributed by atoms with E-state index in [9.17, 15) is 17.6 Å². The summed E-state index contributed by atoms with van der Waals surface area (Å²) in [4.78, 5) is 12.7. The van der Waals surface area contributed by atoms with E-state index in [1.54, 1.807) is 42.5 Å². The van der Waals surface area contributed by atoms with Gasteiger partial charge in [0.15, 0.2) is 11.5 Å². The van der Waals surface area contributed by atoms with Gasteiger partial charge in [-0.25, -0.2) is 12.8 Å². The van der Waals surface area contributed by atoms with Gasteiger partial charge in [0.1, 0.15) is 12.4 Å². The molecule has 0 saturated carbocycles. The number of carbonyl (C=O) groups is 1. The Morgan fingerprint density at radius 2 is 1.54 bits per heavy atom. The maximum absolute atomic E-state index is 13.4. The minimum Gasteiger partial charge on any atom is -0.490 e. The Kier molecular flexibility index (Phi) is 8.70. The van der Waals surface area contributed by atoms with Crippen LogP contribution >= 0.6 is 0 Å². The van der Waals surface area contributed by atoms with E-state index in [-0.39, 0.29) is 11.4 Å². The third-order valence-electron chi connectivity index (χ3n) is 5.11. The molecule has 0 aliphatic carbocycles. The summed E-state index contributed by atoms with van der Waals surface area (Å²) < 4.78 is 52.3. The highest BCUT2D eigenvalue weighted by molar-refractivity contribution is 7.92. The lowest BCUT2D eigenvalue weighted by Crippen LogP contribution is -2.40. The topological polar surface area (TPSA) is 84.9 Å². The molecule has 0 fully saturated rings. The maximum atomic E-state index is 13.4. The zero-order chi connectivity index (χ0) is 25.4. The first-order valence-corrected chi connectivity index (χ1v) is 12.7. The van der Waals surface area contributed by atoms with Crippen LogP contribution in [0.3, 0.4) is 0 Å². The Morgan fingerprint density at radius 3 is 2.17 bits per heavy atom. The van der Waals surface area contributed by atoms with Gasteiger partial charge in [0.25, 0.3) is 10.0 Å². The Bertz CT molecular complexity index is 1250. The van der Waals surface area contributed by atoms with Crippen LogP contribution < -0.4 is 19.1 Å². The molecule has 0 bridgehead atoms. The van der Waals surface area contributed by atoms with Gasteiger partial charge in [0, 0.05) is 6.54 Å². The van der Waals surface area contributed by atoms with E-state index >= 15 is 0 Å². The predicted molar refractivity (Wildman–Crippen MR) is 133 cm³/mol. The van der Waals surface area contributed by atoms with Gasteiger partial charge in [0.2, 0.25) is 5.91 Å². The van der Waals surface area contributed by atoms with Gasteiger partial charge in [0.05, 0.1) is 23.8 Å². The second-order valence-corrected chi connectivity index (χ2v) is 9.59. The first kappa shape index (κ1) is 26.0. The number of benzene rings is 3. The molecule has 0 aliphatic rings. The largest absolute Gasteiger partial charge is 0.490 e. The van der Waals surface area contributed by atoms with E-state index in [4.69, 9.17) is 9.47 Å². The van der Waals surface area contributed by atoms with Crippen LogP contribution in [0.4, 0.5) is 10.1 Å². The number of hydrogen-bond donors (Lipinski definition) is 1. The van der Waals surface area contributed by atoms with Crippen LogP contribution in [0.1, 0.15) is 25.0 Å². The van der Waals surface area contributed by atoms with Crippen LogP contribution in [-0.4, -0.2) is 34.1 Å². The lowest BCUT2D eigenvalue weighted by Gasteiger charge is -2.24. The number of amides is 1. The van der Waals surface area contributed by atoms with Crippen molar-refractivity contribution in [1.29, 1.82) is 0 Å². The molecule has 9 heteroatoms. The number of sulfonamides is 1. The summed E-state index contributed by atoms with van der Waals surface area (Å²) in [6.07, 6.45) is 0. The van der Waals surface area contributed by atoms with Crippen molar-refractivity contribution in [2.45, 2.75) is 32.2 Å². The summed E-state index contributed by atoms with van der Waals surface area (Å²) in [5.74, 6) is 0.134. The first-order chi connectivity index (χ1) is 16.7. The number of nitrogens with one attached hydrogen (secondary N) is 1. The summed E-state index contributed by atoms with van der Waals surface area (Å²) in [5.41, 5.74) is 2.04. The number of anilines is 1. The quantitative estimate of drug-likeness (QED) is 0.421. The van der Waals surface area contributed by atoms with E-state index < -0.39 is 28.3 Å². The summed E-state index contributed by atoms with van der Waals surface area (Å²) in [7, 11) is -4.12. The maximum Gasteiger partial charge on any atom is 0.264 e. The Balaban J connectivity index is 1.80. The fourth-order valence-electron chi connectivity index (χ4n) is 3.35. The van der Waals surface area contributed by atoms with Crippen molar-refractivity contribution in [3.8, 4) is 11.5 Å². The molecule has 0 heterocycles. The highest BCUT2D eigenvalue weighted by atomic mass is 32.2. The summed E-state index contributed by atoms with van der Waals surface area (Å²) >= 11 is 0. The highest BCUT2D eigenvalue weighted by Gasteiger charge is 2.27. The van der Waals surface area contributed by atoms with Crippen molar-refractivity contribution in [3.05, 3.63) is 83.7 Å². The van der Waals surface area contributed by atoms with Crippen LogP contribution in [-0.2, 0) is 21.4 Å². The standard InChI is InChI=1S/C26H29FN2O5S/c1-4-33-24-15-8-20(16-25(24)34-5-2)17-28-26(30)18-29(22-11-6-19(3)7-12-22)35(31,32)23-13-9-21(27)10-14-23/h6-16H,4-5,17-18H2,1-3H3,(H,28,30). The molecule has 0 unspecified atom stereocenters. The lowest BCUT2D eigenvalue weighted by atomic mass is 10.2. The monoisotopic (exact) mass is 500 g/mol. The minimum absolute atomic E-state index is 0.111. The number of halogens is 1. The molecule has 0 radical (unpaired) electrons. The smallest absolute Gasteiger partial charge is 0.264 e. The zero-order valence-electron chi connectivity index (χ0n) is 20.0. The number of nitrogens with zero attached hydrogens (tertiary/aromatic N) is 1. The van der Waals surface area contributed by atoms with Gasteiger partial charge in [-0.3, -0.25) is 9.10 Å². The van der Waals surface area contributed by atoms with E-state index in [0.29, 0.717) is 30.4 Å². The SMILES string of the molecule is CCOc1ccc(CNC(=O)CN(c2ccc(C)cc2)S(=O)(=O)c2ccc(F)cc2)cc1OCC. The van der Waals surface area contributed by atoms with Crippen molar-refractivity contribution >= 4 is 21.6 Å². The molecule has 0 saturated heterocycles. The zero-order valence-corrected chi connectivity index (χ0v) is 20.8. The summed E-state index contributed by atoms with van der Waals surface area (Å²) in [6.45, 7) is 6.30. The van der Waals surface area contributed by atoms with Crippen LogP contribution in [0.15, 0.2) is 71.6 Å². The van der Waals surface area contributed by atoms with Crippen LogP contribution in [0, 0.1) is 12.7 Å². The molecular formula is C26H29FN2O5S. The molecule has 35 heavy (non-hydrogen) atoms. The van der Waals surface area contributed by atoms with Gasteiger partial charge >= 0.3 is 0 Å². The van der Waals surface area contributed by atoms with Crippen LogP contribution in [0.2, 0.25) is 0 Å². The van der Waals surface area contributed by atoms with Gasteiger partial charge in [-0.15, -0.1) is 0 Å². The molecule has 186 valence electrons. The lowest BCUT2D eigenvalue weighted by molar-refractivity contribution is -0.119. The van der Waals surface area contributed by atoms with E-state index in [1.807, 2.05) is 20.8 Å². The predicted octanol–water partition coefficient (Wildman–Crippen LogP) is 4.44. The average Bonchev–Trinajstić information content (AvgIpc) is 2.84. The Morgan fingerprint density at radius 1 is 0.914 bits per heavy atom. The van der Waals surface area contributed by atoms with Crippen LogP contribution in [0.5, 0.6) is 11.5 Å². The normalized spacial score (nSPS) is 11.1. The summed E-state index contributed by atoms with van der Waals surface area (Å²) in [6, 6.07) is 16.6. The third kappa shape index (κ3) is 6.73. The molecule has 3 aromatic rings. The molecular weight excluding hydrogens is 471 g/mol.